The van der Waals surface area contributed by atoms with Gasteiger partial charge in [-0.05, 0) is 81.1 Å². The molecule has 2 aliphatic heterocycles. The van der Waals surface area contributed by atoms with Crippen LogP contribution in [-0.2, 0) is 4.79 Å². The molecule has 3 N–H and O–H groups in total. The number of alkyl halides is 1. The zero-order valence-corrected chi connectivity index (χ0v) is 21.9. The molecule has 2 aliphatic rings. The van der Waals surface area contributed by atoms with Crippen molar-refractivity contribution in [1.29, 1.82) is 5.26 Å². The first kappa shape index (κ1) is 27.6. The summed E-state index contributed by atoms with van der Waals surface area (Å²) in [5, 5.41) is 19.6. The molecule has 0 bridgehead atoms. The molecule has 2 fully saturated rings. The lowest BCUT2D eigenvalue weighted by Crippen LogP contribution is -2.43. The lowest BCUT2D eigenvalue weighted by atomic mass is 9.96. The van der Waals surface area contributed by atoms with Crippen LogP contribution < -0.4 is 10.5 Å². The smallest absolute Gasteiger partial charge is 0.254 e. The fourth-order valence-electron chi connectivity index (χ4n) is 5.25. The number of aliphatic hydroxyl groups excluding tert-OH is 1. The van der Waals surface area contributed by atoms with Crippen molar-refractivity contribution in [3.63, 3.8) is 0 Å². The maximum atomic E-state index is 13.9. The second kappa shape index (κ2) is 11.5. The molecule has 2 unspecified atom stereocenters. The van der Waals surface area contributed by atoms with Gasteiger partial charge in [0.25, 0.3) is 5.91 Å². The quantitative estimate of drug-likeness (QED) is 0.550. The monoisotopic (exact) mass is 522 g/mol. The fourth-order valence-corrected chi connectivity index (χ4v) is 5.25. The van der Waals surface area contributed by atoms with Crippen LogP contribution in [0.3, 0.4) is 0 Å². The highest BCUT2D eigenvalue weighted by Gasteiger charge is 2.38. The molecule has 9 heteroatoms. The van der Waals surface area contributed by atoms with Gasteiger partial charge in [0.2, 0.25) is 5.91 Å². The Kier molecular flexibility index (Phi) is 8.34. The molecule has 4 rings (SSSR count). The van der Waals surface area contributed by atoms with Crippen molar-refractivity contribution in [3.05, 3.63) is 53.6 Å². The number of nitriles is 1. The second-order valence-corrected chi connectivity index (χ2v) is 10.9. The molecule has 2 aromatic carbocycles. The summed E-state index contributed by atoms with van der Waals surface area (Å²) in [6.07, 6.45) is 1.22. The Morgan fingerprint density at radius 1 is 1.16 bits per heavy atom. The number of carbonyl (C=O) groups excluding carboxylic acids is 2. The molecule has 0 aliphatic carbocycles. The zero-order valence-electron chi connectivity index (χ0n) is 21.9. The third kappa shape index (κ3) is 6.69. The molecule has 202 valence electrons. The molecule has 0 saturated carbocycles. The summed E-state index contributed by atoms with van der Waals surface area (Å²) in [5.41, 5.74) is 6.64. The van der Waals surface area contributed by atoms with Crippen LogP contribution in [0.5, 0.6) is 5.75 Å². The Balaban J connectivity index is 1.37. The highest BCUT2D eigenvalue weighted by atomic mass is 19.1. The van der Waals surface area contributed by atoms with Gasteiger partial charge in [0, 0.05) is 25.1 Å². The van der Waals surface area contributed by atoms with E-state index in [1.807, 2.05) is 6.07 Å². The number of β-amino-alcohol motifs (C(OH)–C–C–N with tert-alkyl or cyclic N) is 1. The zero-order chi connectivity index (χ0) is 27.4. The van der Waals surface area contributed by atoms with Crippen LogP contribution in [-0.4, -0.2) is 77.3 Å². The minimum Gasteiger partial charge on any atom is -0.492 e. The summed E-state index contributed by atoms with van der Waals surface area (Å²) in [6, 6.07) is 13.7. The highest BCUT2D eigenvalue weighted by molar-refractivity contribution is 5.98. The van der Waals surface area contributed by atoms with Crippen molar-refractivity contribution in [2.45, 2.75) is 50.9 Å². The Morgan fingerprint density at radius 3 is 2.42 bits per heavy atom. The van der Waals surface area contributed by atoms with Crippen LogP contribution in [0.15, 0.2) is 42.5 Å². The van der Waals surface area contributed by atoms with E-state index in [9.17, 15) is 24.3 Å². The van der Waals surface area contributed by atoms with Crippen molar-refractivity contribution in [3.8, 4) is 22.9 Å². The maximum Gasteiger partial charge on any atom is 0.254 e. The van der Waals surface area contributed by atoms with Crippen molar-refractivity contribution >= 4 is 11.8 Å². The molecule has 0 aromatic heterocycles. The number of primary amides is 1. The van der Waals surface area contributed by atoms with Crippen molar-refractivity contribution in [2.24, 2.45) is 11.7 Å². The summed E-state index contributed by atoms with van der Waals surface area (Å²) >= 11 is 0. The normalized spacial score (nSPS) is 20.8. The Labute approximate surface area is 222 Å². The Morgan fingerprint density at radius 2 is 1.82 bits per heavy atom. The maximum absolute atomic E-state index is 13.9. The predicted molar refractivity (Wildman–Crippen MR) is 141 cm³/mol. The minimum absolute atomic E-state index is 0.0656. The molecule has 8 nitrogen and oxygen atoms in total. The number of hydrogen-bond donors (Lipinski definition) is 2. The molecular formula is C29H35FN4O4. The van der Waals surface area contributed by atoms with Gasteiger partial charge < -0.3 is 25.4 Å². The van der Waals surface area contributed by atoms with E-state index in [-0.39, 0.29) is 18.9 Å². The SMILES string of the molecule is CC(C)(F)CN1CCC(COc2ccc(-c3ccc(C(=O)N4CC(O)CC4C(N)=O)cc3)cc2C#N)CC1. The first-order chi connectivity index (χ1) is 18.0. The van der Waals surface area contributed by atoms with Crippen LogP contribution in [0.1, 0.15) is 49.0 Å². The van der Waals surface area contributed by atoms with Crippen LogP contribution in [0.25, 0.3) is 11.1 Å². The van der Waals surface area contributed by atoms with E-state index in [0.29, 0.717) is 35.9 Å². The number of halogens is 1. The van der Waals surface area contributed by atoms with E-state index in [1.165, 1.54) is 4.90 Å². The number of ether oxygens (including phenoxy) is 1. The molecule has 2 saturated heterocycles. The summed E-state index contributed by atoms with van der Waals surface area (Å²) < 4.78 is 19.9. The Bertz CT molecular complexity index is 1200. The first-order valence-corrected chi connectivity index (χ1v) is 13.0. The molecule has 2 amide bonds. The number of hydrogen-bond acceptors (Lipinski definition) is 6. The van der Waals surface area contributed by atoms with Crippen molar-refractivity contribution in [2.75, 3.05) is 32.8 Å². The van der Waals surface area contributed by atoms with Crippen LogP contribution in [0.4, 0.5) is 4.39 Å². The van der Waals surface area contributed by atoms with E-state index in [4.69, 9.17) is 10.5 Å². The van der Waals surface area contributed by atoms with Gasteiger partial charge in [0.15, 0.2) is 0 Å². The van der Waals surface area contributed by atoms with Crippen LogP contribution in [0.2, 0.25) is 0 Å². The lowest BCUT2D eigenvalue weighted by Gasteiger charge is -2.34. The molecule has 2 aromatic rings. The number of aliphatic hydroxyl groups is 1. The molecule has 0 radical (unpaired) electrons. The van der Waals surface area contributed by atoms with Gasteiger partial charge in [-0.3, -0.25) is 9.59 Å². The Hall–Kier alpha value is -3.48. The van der Waals surface area contributed by atoms with E-state index < -0.39 is 23.7 Å². The average molecular weight is 523 g/mol. The van der Waals surface area contributed by atoms with Gasteiger partial charge in [0.1, 0.15) is 23.5 Å². The van der Waals surface area contributed by atoms with E-state index in [2.05, 4.69) is 11.0 Å². The standard InChI is InChI=1S/C29H35FN4O4/c1-29(2,30)18-33-11-9-19(10-12-33)17-38-26-8-7-22(13-23(26)15-31)20-3-5-21(6-4-20)28(37)34-16-24(35)14-25(34)27(32)36/h3-8,13,19,24-25,35H,9-12,14,16-18H2,1-2H3,(H2,32,36). The second-order valence-electron chi connectivity index (χ2n) is 10.9. The van der Waals surface area contributed by atoms with E-state index in [1.54, 1.807) is 50.2 Å². The number of rotatable bonds is 8. The van der Waals surface area contributed by atoms with Gasteiger partial charge in [-0.15, -0.1) is 0 Å². The van der Waals surface area contributed by atoms with Crippen molar-refractivity contribution < 1.29 is 23.8 Å². The fraction of sp³-hybridized carbons (Fsp3) is 0.483. The van der Waals surface area contributed by atoms with Crippen molar-refractivity contribution in [1.82, 2.24) is 9.80 Å². The van der Waals surface area contributed by atoms with E-state index >= 15 is 0 Å². The number of piperidine rings is 1. The number of nitrogens with two attached hydrogens (primary N) is 1. The van der Waals surface area contributed by atoms with Gasteiger partial charge in [0.05, 0.1) is 18.3 Å². The third-order valence-corrected chi connectivity index (χ3v) is 7.21. The molecule has 38 heavy (non-hydrogen) atoms. The molecule has 2 heterocycles. The van der Waals surface area contributed by atoms with E-state index in [0.717, 1.165) is 37.1 Å². The number of likely N-dealkylation sites (tertiary alicyclic amines) is 2. The third-order valence-electron chi connectivity index (χ3n) is 7.21. The summed E-state index contributed by atoms with van der Waals surface area (Å²) in [5.74, 6) is -0.113. The summed E-state index contributed by atoms with van der Waals surface area (Å²) in [6.45, 7) is 5.89. The molecule has 2 atom stereocenters. The van der Waals surface area contributed by atoms with Gasteiger partial charge in [-0.1, -0.05) is 18.2 Å². The highest BCUT2D eigenvalue weighted by Crippen LogP contribution is 2.29. The van der Waals surface area contributed by atoms with Gasteiger partial charge in [-0.25, -0.2) is 4.39 Å². The average Bonchev–Trinajstić information content (AvgIpc) is 3.29. The molecule has 0 spiro atoms. The molecular weight excluding hydrogens is 487 g/mol. The number of carbonyl (C=O) groups is 2. The minimum atomic E-state index is -1.20. The number of nitrogens with zero attached hydrogens (tertiary/aromatic N) is 3. The van der Waals surface area contributed by atoms with Crippen LogP contribution >= 0.6 is 0 Å². The number of benzene rings is 2. The van der Waals surface area contributed by atoms with Gasteiger partial charge in [-0.2, -0.15) is 5.26 Å². The predicted octanol–water partition coefficient (Wildman–Crippen LogP) is 3.12. The summed E-state index contributed by atoms with van der Waals surface area (Å²) in [7, 11) is 0. The van der Waals surface area contributed by atoms with Crippen LogP contribution in [0, 0.1) is 17.2 Å². The first-order valence-electron chi connectivity index (χ1n) is 13.0. The number of amides is 2. The topological polar surface area (TPSA) is 120 Å². The largest absolute Gasteiger partial charge is 0.492 e. The summed E-state index contributed by atoms with van der Waals surface area (Å²) in [4.78, 5) is 28.1. The van der Waals surface area contributed by atoms with Gasteiger partial charge >= 0.3 is 0 Å². The lowest BCUT2D eigenvalue weighted by molar-refractivity contribution is -0.121.